The van der Waals surface area contributed by atoms with Gasteiger partial charge in [0.05, 0.1) is 13.2 Å². The van der Waals surface area contributed by atoms with Gasteiger partial charge in [-0.05, 0) is 25.3 Å². The van der Waals surface area contributed by atoms with E-state index in [0.29, 0.717) is 26.1 Å². The smallest absolute Gasteiger partial charge is 0.319 e. The second-order valence-electron chi connectivity index (χ2n) is 5.06. The van der Waals surface area contributed by atoms with E-state index in [1.165, 1.54) is 0 Å². The minimum Gasteiger partial charge on any atom is -0.465 e. The zero-order chi connectivity index (χ0) is 14.4. The van der Waals surface area contributed by atoms with Crippen molar-refractivity contribution in [2.24, 2.45) is 5.41 Å². The molecule has 4 heteroatoms. The summed E-state index contributed by atoms with van der Waals surface area (Å²) in [5.41, 5.74) is 0.0753. The van der Waals surface area contributed by atoms with E-state index in [2.05, 4.69) is 0 Å². The normalized spacial score (nSPS) is 16.2. The number of hydrogen-bond acceptors (Lipinski definition) is 4. The minimum absolute atomic E-state index is 0.0340. The van der Waals surface area contributed by atoms with Crippen molar-refractivity contribution in [2.75, 3.05) is 13.2 Å². The molecule has 1 aliphatic carbocycles. The first-order valence-corrected chi connectivity index (χ1v) is 7.01. The molecule has 4 nitrogen and oxygen atoms in total. The number of hydrogen-bond donors (Lipinski definition) is 0. The summed E-state index contributed by atoms with van der Waals surface area (Å²) in [7, 11) is 0. The van der Waals surface area contributed by atoms with Crippen LogP contribution in [0.5, 0.6) is 0 Å². The van der Waals surface area contributed by atoms with Crippen LogP contribution >= 0.6 is 0 Å². The monoisotopic (exact) mass is 276 g/mol. The second kappa shape index (κ2) is 6.66. The Morgan fingerprint density at radius 1 is 1.20 bits per heavy atom. The molecule has 20 heavy (non-hydrogen) atoms. The molecule has 0 aliphatic heterocycles. The van der Waals surface area contributed by atoms with Crippen molar-refractivity contribution in [2.45, 2.75) is 32.8 Å². The highest BCUT2D eigenvalue weighted by Gasteiger charge is 2.51. The maximum atomic E-state index is 12.2. The summed E-state index contributed by atoms with van der Waals surface area (Å²) in [6.07, 6.45) is 2.06. The summed E-state index contributed by atoms with van der Waals surface area (Å²) in [6.45, 7) is 2.40. The number of carbonyl (C=O) groups is 2. The summed E-state index contributed by atoms with van der Waals surface area (Å²) in [5, 5.41) is 0. The van der Waals surface area contributed by atoms with Crippen molar-refractivity contribution in [3.05, 3.63) is 35.9 Å². The third-order valence-corrected chi connectivity index (χ3v) is 3.75. The third-order valence-electron chi connectivity index (χ3n) is 3.75. The highest BCUT2D eigenvalue weighted by Crippen LogP contribution is 2.43. The van der Waals surface area contributed by atoms with Crippen LogP contribution in [0.15, 0.2) is 30.3 Å². The molecule has 0 atom stereocenters. The van der Waals surface area contributed by atoms with Gasteiger partial charge in [-0.15, -0.1) is 0 Å². The van der Waals surface area contributed by atoms with Crippen LogP contribution < -0.4 is 0 Å². The number of benzene rings is 1. The average molecular weight is 276 g/mol. The van der Waals surface area contributed by atoms with Gasteiger partial charge in [-0.25, -0.2) is 0 Å². The number of rotatable bonds is 7. The predicted molar refractivity (Wildman–Crippen MR) is 74.0 cm³/mol. The molecule has 0 heterocycles. The van der Waals surface area contributed by atoms with Crippen molar-refractivity contribution in [3.8, 4) is 0 Å². The molecule has 0 aromatic heterocycles. The van der Waals surface area contributed by atoms with Crippen molar-refractivity contribution in [1.29, 1.82) is 0 Å². The molecule has 0 spiro atoms. The number of ketones is 1. The largest absolute Gasteiger partial charge is 0.465 e. The van der Waals surface area contributed by atoms with Crippen LogP contribution in [0.1, 0.15) is 31.7 Å². The Bertz CT molecular complexity index is 463. The van der Waals surface area contributed by atoms with Crippen LogP contribution in [0.4, 0.5) is 0 Å². The van der Waals surface area contributed by atoms with Gasteiger partial charge in [0.2, 0.25) is 0 Å². The van der Waals surface area contributed by atoms with Crippen molar-refractivity contribution in [1.82, 2.24) is 0 Å². The first kappa shape index (κ1) is 14.7. The average Bonchev–Trinajstić information content (AvgIpc) is 2.39. The summed E-state index contributed by atoms with van der Waals surface area (Å²) in [4.78, 5) is 24.2. The first-order valence-electron chi connectivity index (χ1n) is 7.01. The van der Waals surface area contributed by atoms with E-state index >= 15 is 0 Å². The second-order valence-corrected chi connectivity index (χ2v) is 5.06. The number of esters is 1. The highest BCUT2D eigenvalue weighted by atomic mass is 16.5. The van der Waals surface area contributed by atoms with Gasteiger partial charge in [0.1, 0.15) is 12.0 Å². The van der Waals surface area contributed by atoms with Crippen LogP contribution in [0, 0.1) is 5.41 Å². The topological polar surface area (TPSA) is 52.6 Å². The molecule has 1 fully saturated rings. The lowest BCUT2D eigenvalue weighted by Crippen LogP contribution is -2.47. The molecule has 2 rings (SSSR count). The molecule has 108 valence electrons. The Morgan fingerprint density at radius 2 is 1.90 bits per heavy atom. The van der Waals surface area contributed by atoms with E-state index in [1.807, 2.05) is 30.3 Å². The van der Waals surface area contributed by atoms with Crippen LogP contribution in [0.2, 0.25) is 0 Å². The Hall–Kier alpha value is -1.68. The maximum absolute atomic E-state index is 12.2. The SMILES string of the molecule is CCOC(=O)C1(C(=O)COCc2ccccc2)CCC1. The summed E-state index contributed by atoms with van der Waals surface area (Å²) in [5.74, 6) is -0.544. The van der Waals surface area contributed by atoms with Gasteiger partial charge < -0.3 is 9.47 Å². The zero-order valence-electron chi connectivity index (χ0n) is 11.8. The fourth-order valence-electron chi connectivity index (χ4n) is 2.37. The lowest BCUT2D eigenvalue weighted by atomic mass is 9.66. The van der Waals surface area contributed by atoms with E-state index in [-0.39, 0.29) is 18.4 Å². The van der Waals surface area contributed by atoms with Crippen molar-refractivity contribution in [3.63, 3.8) is 0 Å². The zero-order valence-corrected chi connectivity index (χ0v) is 11.8. The van der Waals surface area contributed by atoms with Crippen molar-refractivity contribution >= 4 is 11.8 Å². The van der Waals surface area contributed by atoms with Gasteiger partial charge >= 0.3 is 5.97 Å². The molecule has 0 bridgehead atoms. The van der Waals surface area contributed by atoms with Gasteiger partial charge in [0.25, 0.3) is 0 Å². The number of Topliss-reactive ketones (excluding diaryl/α,β-unsaturated/α-hetero) is 1. The molecule has 1 saturated carbocycles. The van der Waals surface area contributed by atoms with E-state index in [1.54, 1.807) is 6.92 Å². The molecule has 1 aliphatic rings. The quantitative estimate of drug-likeness (QED) is 0.567. The highest BCUT2D eigenvalue weighted by molar-refractivity contribution is 6.05. The van der Waals surface area contributed by atoms with Crippen LogP contribution in [0.25, 0.3) is 0 Å². The van der Waals surface area contributed by atoms with Gasteiger partial charge in [0.15, 0.2) is 5.78 Å². The van der Waals surface area contributed by atoms with Gasteiger partial charge in [0, 0.05) is 0 Å². The van der Waals surface area contributed by atoms with E-state index in [9.17, 15) is 9.59 Å². The summed E-state index contributed by atoms with van der Waals surface area (Å²) < 4.78 is 10.5. The maximum Gasteiger partial charge on any atom is 0.319 e. The third kappa shape index (κ3) is 3.07. The molecule has 0 N–H and O–H groups in total. The first-order chi connectivity index (χ1) is 9.69. The molecule has 0 saturated heterocycles. The minimum atomic E-state index is -0.938. The molecule has 0 amide bonds. The summed E-state index contributed by atoms with van der Waals surface area (Å²) in [6, 6.07) is 9.65. The van der Waals surface area contributed by atoms with Crippen LogP contribution in [0.3, 0.4) is 0 Å². The standard InChI is InChI=1S/C16H20O4/c1-2-20-15(18)16(9-6-10-16)14(17)12-19-11-13-7-4-3-5-8-13/h3-5,7-8H,2,6,9-12H2,1H3. The molecule has 1 aromatic rings. The van der Waals surface area contributed by atoms with E-state index in [0.717, 1.165) is 12.0 Å². The number of ether oxygens (including phenoxy) is 2. The Kier molecular flexibility index (Phi) is 4.90. The van der Waals surface area contributed by atoms with E-state index in [4.69, 9.17) is 9.47 Å². The summed E-state index contributed by atoms with van der Waals surface area (Å²) >= 11 is 0. The van der Waals surface area contributed by atoms with Gasteiger partial charge in [-0.2, -0.15) is 0 Å². The van der Waals surface area contributed by atoms with Crippen LogP contribution in [-0.2, 0) is 25.7 Å². The lowest BCUT2D eigenvalue weighted by Gasteiger charge is -2.37. The Morgan fingerprint density at radius 3 is 2.45 bits per heavy atom. The van der Waals surface area contributed by atoms with Crippen LogP contribution in [-0.4, -0.2) is 25.0 Å². The van der Waals surface area contributed by atoms with Gasteiger partial charge in [-0.3, -0.25) is 9.59 Å². The molecule has 1 aromatic carbocycles. The molecule has 0 unspecified atom stereocenters. The molecular weight excluding hydrogens is 256 g/mol. The predicted octanol–water partition coefficient (Wildman–Crippen LogP) is 2.51. The molecule has 0 radical (unpaired) electrons. The van der Waals surface area contributed by atoms with Gasteiger partial charge in [-0.1, -0.05) is 36.8 Å². The van der Waals surface area contributed by atoms with E-state index < -0.39 is 5.41 Å². The Labute approximate surface area is 119 Å². The fourth-order valence-corrected chi connectivity index (χ4v) is 2.37. The number of carbonyl (C=O) groups excluding carboxylic acids is 2. The Balaban J connectivity index is 1.86. The fraction of sp³-hybridized carbons (Fsp3) is 0.500. The lowest BCUT2D eigenvalue weighted by molar-refractivity contribution is -0.168. The molecular formula is C16H20O4. The van der Waals surface area contributed by atoms with Crippen molar-refractivity contribution < 1.29 is 19.1 Å².